The highest BCUT2D eigenvalue weighted by Gasteiger charge is 1.94. The summed E-state index contributed by atoms with van der Waals surface area (Å²) in [6.07, 6.45) is 1.08. The Labute approximate surface area is 87.1 Å². The average Bonchev–Trinajstić information content (AvgIpc) is 2.34. The minimum absolute atomic E-state index is 0.657. The largest absolute Gasteiger partial charge is 0.326 e. The molecule has 80 valence electrons. The van der Waals surface area contributed by atoms with Crippen LogP contribution in [0.3, 0.4) is 0 Å². The Kier molecular flexibility index (Phi) is 13.0. The Morgan fingerprint density at radius 3 is 1.86 bits per heavy atom. The Hall–Kier alpha value is -1.15. The number of rotatable bonds is 2. The fourth-order valence-electron chi connectivity index (χ4n) is 1.10. The van der Waals surface area contributed by atoms with Crippen LogP contribution in [0.15, 0.2) is 24.3 Å². The van der Waals surface area contributed by atoms with Gasteiger partial charge in [0.2, 0.25) is 0 Å². The molecule has 1 aromatic rings. The zero-order valence-electron chi connectivity index (χ0n) is 9.42. The predicted molar refractivity (Wildman–Crippen MR) is 62.2 cm³/mol. The summed E-state index contributed by atoms with van der Waals surface area (Å²) < 4.78 is 0. The molecule has 0 heterocycles. The molecule has 0 aliphatic heterocycles. The van der Waals surface area contributed by atoms with Crippen LogP contribution in [0.2, 0.25) is 0 Å². The standard InChI is InChI=1S/C9H13N.C2H6.CH2O/c1-2-8-5-3-4-6-9(8)7-10;2*1-2/h3-6H,2,7,10H2,1H3;1-2H3;1H2. The first kappa shape index (κ1) is 15.3. The molecule has 1 aromatic carbocycles. The van der Waals surface area contributed by atoms with Gasteiger partial charge >= 0.3 is 0 Å². The lowest BCUT2D eigenvalue weighted by Gasteiger charge is -2.02. The first-order chi connectivity index (χ1) is 6.88. The van der Waals surface area contributed by atoms with Crippen LogP contribution in [-0.4, -0.2) is 6.79 Å². The van der Waals surface area contributed by atoms with E-state index in [2.05, 4.69) is 25.1 Å². The smallest absolute Gasteiger partial charge is 0.106 e. The number of benzene rings is 1. The number of aryl methyl sites for hydroxylation is 1. The first-order valence-corrected chi connectivity index (χ1v) is 4.94. The molecule has 0 aliphatic carbocycles. The van der Waals surface area contributed by atoms with Gasteiger partial charge in [-0.15, -0.1) is 0 Å². The molecule has 0 saturated carbocycles. The summed E-state index contributed by atoms with van der Waals surface area (Å²) in [6, 6.07) is 8.29. The maximum Gasteiger partial charge on any atom is 0.106 e. The van der Waals surface area contributed by atoms with Gasteiger partial charge in [0.25, 0.3) is 0 Å². The lowest BCUT2D eigenvalue weighted by atomic mass is 10.1. The van der Waals surface area contributed by atoms with Gasteiger partial charge in [-0.1, -0.05) is 45.0 Å². The van der Waals surface area contributed by atoms with Crippen molar-refractivity contribution in [1.29, 1.82) is 0 Å². The van der Waals surface area contributed by atoms with Gasteiger partial charge in [-0.05, 0) is 17.5 Å². The molecule has 0 spiro atoms. The number of carbonyl (C=O) groups is 1. The zero-order chi connectivity index (χ0) is 11.4. The van der Waals surface area contributed by atoms with Gasteiger partial charge in [0.1, 0.15) is 6.79 Å². The topological polar surface area (TPSA) is 43.1 Å². The third-order valence-corrected chi connectivity index (χ3v) is 1.72. The minimum atomic E-state index is 0.657. The molecule has 0 bridgehead atoms. The predicted octanol–water partition coefficient (Wildman–Crippen LogP) is 2.55. The molecule has 2 N–H and O–H groups in total. The highest BCUT2D eigenvalue weighted by Crippen LogP contribution is 2.07. The van der Waals surface area contributed by atoms with E-state index < -0.39 is 0 Å². The van der Waals surface area contributed by atoms with Crippen LogP contribution >= 0.6 is 0 Å². The van der Waals surface area contributed by atoms with Gasteiger partial charge in [-0.2, -0.15) is 0 Å². The maximum atomic E-state index is 8.00. The molecular formula is C12H21NO. The van der Waals surface area contributed by atoms with E-state index in [1.54, 1.807) is 0 Å². The van der Waals surface area contributed by atoms with Crippen LogP contribution in [0.5, 0.6) is 0 Å². The van der Waals surface area contributed by atoms with Crippen LogP contribution in [0.1, 0.15) is 31.9 Å². The molecule has 0 fully saturated rings. The second kappa shape index (κ2) is 11.8. The van der Waals surface area contributed by atoms with Crippen LogP contribution in [0.25, 0.3) is 0 Å². The van der Waals surface area contributed by atoms with Crippen LogP contribution in [0, 0.1) is 0 Å². The normalized spacial score (nSPS) is 7.71. The van der Waals surface area contributed by atoms with Gasteiger partial charge < -0.3 is 10.5 Å². The number of hydrogen-bond acceptors (Lipinski definition) is 2. The third-order valence-electron chi connectivity index (χ3n) is 1.72. The monoisotopic (exact) mass is 195 g/mol. The van der Waals surface area contributed by atoms with Crippen molar-refractivity contribution >= 4 is 6.79 Å². The Bertz CT molecular complexity index is 200. The van der Waals surface area contributed by atoms with E-state index in [-0.39, 0.29) is 0 Å². The van der Waals surface area contributed by atoms with Crippen molar-refractivity contribution < 1.29 is 4.79 Å². The third kappa shape index (κ3) is 5.49. The van der Waals surface area contributed by atoms with Gasteiger partial charge in [0.15, 0.2) is 0 Å². The Balaban J connectivity index is 0. The van der Waals surface area contributed by atoms with Crippen LogP contribution in [-0.2, 0) is 17.8 Å². The molecule has 14 heavy (non-hydrogen) atoms. The minimum Gasteiger partial charge on any atom is -0.326 e. The fraction of sp³-hybridized carbons (Fsp3) is 0.417. The summed E-state index contributed by atoms with van der Waals surface area (Å²) in [7, 11) is 0. The summed E-state index contributed by atoms with van der Waals surface area (Å²) in [5.74, 6) is 0. The molecule has 0 unspecified atom stereocenters. The summed E-state index contributed by atoms with van der Waals surface area (Å²) >= 11 is 0. The molecule has 0 aliphatic rings. The van der Waals surface area contributed by atoms with E-state index in [4.69, 9.17) is 10.5 Å². The van der Waals surface area contributed by atoms with E-state index in [9.17, 15) is 0 Å². The van der Waals surface area contributed by atoms with Crippen molar-refractivity contribution in [2.75, 3.05) is 0 Å². The first-order valence-electron chi connectivity index (χ1n) is 4.94. The molecule has 0 amide bonds. The lowest BCUT2D eigenvalue weighted by molar-refractivity contribution is -0.0979. The van der Waals surface area contributed by atoms with Crippen molar-refractivity contribution in [3.8, 4) is 0 Å². The maximum absolute atomic E-state index is 8.00. The van der Waals surface area contributed by atoms with Crippen LogP contribution in [0.4, 0.5) is 0 Å². The summed E-state index contributed by atoms with van der Waals surface area (Å²) in [6.45, 7) is 8.80. The van der Waals surface area contributed by atoms with Gasteiger partial charge in [0, 0.05) is 6.54 Å². The second-order valence-corrected chi connectivity index (χ2v) is 2.33. The highest BCUT2D eigenvalue weighted by atomic mass is 16.1. The number of carbonyl (C=O) groups excluding carboxylic acids is 1. The summed E-state index contributed by atoms with van der Waals surface area (Å²) in [5, 5.41) is 0. The molecule has 2 heteroatoms. The van der Waals surface area contributed by atoms with E-state index in [1.807, 2.05) is 26.7 Å². The Morgan fingerprint density at radius 2 is 1.57 bits per heavy atom. The zero-order valence-corrected chi connectivity index (χ0v) is 9.42. The van der Waals surface area contributed by atoms with Crippen LogP contribution < -0.4 is 5.73 Å². The highest BCUT2D eigenvalue weighted by molar-refractivity contribution is 5.26. The van der Waals surface area contributed by atoms with E-state index in [1.165, 1.54) is 11.1 Å². The van der Waals surface area contributed by atoms with Gasteiger partial charge in [-0.25, -0.2) is 0 Å². The van der Waals surface area contributed by atoms with Gasteiger partial charge in [-0.3, -0.25) is 0 Å². The number of nitrogens with two attached hydrogens (primary N) is 1. The van der Waals surface area contributed by atoms with E-state index >= 15 is 0 Å². The molecular weight excluding hydrogens is 174 g/mol. The van der Waals surface area contributed by atoms with E-state index in [0.717, 1.165) is 6.42 Å². The average molecular weight is 195 g/mol. The lowest BCUT2D eigenvalue weighted by Crippen LogP contribution is -1.99. The van der Waals surface area contributed by atoms with Gasteiger partial charge in [0.05, 0.1) is 0 Å². The fourth-order valence-corrected chi connectivity index (χ4v) is 1.10. The quantitative estimate of drug-likeness (QED) is 0.788. The van der Waals surface area contributed by atoms with E-state index in [0.29, 0.717) is 6.54 Å². The molecule has 0 aromatic heterocycles. The molecule has 2 nitrogen and oxygen atoms in total. The van der Waals surface area contributed by atoms with Crippen molar-refractivity contribution in [1.82, 2.24) is 0 Å². The van der Waals surface area contributed by atoms with Crippen molar-refractivity contribution in [2.45, 2.75) is 33.7 Å². The molecule has 0 saturated heterocycles. The molecule has 1 rings (SSSR count). The molecule has 0 radical (unpaired) electrons. The second-order valence-electron chi connectivity index (χ2n) is 2.33. The van der Waals surface area contributed by atoms with Crippen molar-refractivity contribution in [2.24, 2.45) is 5.73 Å². The SMILES string of the molecule is C=O.CC.CCc1ccccc1CN. The number of hydrogen-bond donors (Lipinski definition) is 1. The summed E-state index contributed by atoms with van der Waals surface area (Å²) in [4.78, 5) is 8.00. The van der Waals surface area contributed by atoms with Crippen molar-refractivity contribution in [3.63, 3.8) is 0 Å². The van der Waals surface area contributed by atoms with Crippen molar-refractivity contribution in [3.05, 3.63) is 35.4 Å². The molecule has 0 atom stereocenters. The Morgan fingerprint density at radius 1 is 1.14 bits per heavy atom. The summed E-state index contributed by atoms with van der Waals surface area (Å²) in [5.41, 5.74) is 8.16.